The van der Waals surface area contributed by atoms with E-state index in [9.17, 15) is 8.42 Å². The summed E-state index contributed by atoms with van der Waals surface area (Å²) in [4.78, 5) is 0.361. The van der Waals surface area contributed by atoms with Crippen molar-refractivity contribution in [3.63, 3.8) is 0 Å². The first-order valence-electron chi connectivity index (χ1n) is 9.73. The molecule has 0 bridgehead atoms. The number of rotatable bonds is 4. The fraction of sp³-hybridized carbons (Fsp3) is 0.429. The summed E-state index contributed by atoms with van der Waals surface area (Å²) in [5.41, 5.74) is 1.12. The molecular weight excluding hydrogens is 406 g/mol. The largest absolute Gasteiger partial charge is 0.462 e. The highest BCUT2D eigenvalue weighted by Crippen LogP contribution is 2.35. The quantitative estimate of drug-likeness (QED) is 0.600. The standard InChI is InChI=1S/C21H25N3O3S2/c1-21(2,3)16-6-8-17(9-7-16)29(25,26)24-12-10-15(11-13-24)19-22-23-20(28-19)18-5-4-14-27-18/h4-9,14-15H,10-13H2,1-3H3. The second-order valence-electron chi connectivity index (χ2n) is 8.38. The van der Waals surface area contributed by atoms with Crippen LogP contribution in [0.2, 0.25) is 0 Å². The number of sulfonamides is 1. The highest BCUT2D eigenvalue weighted by Gasteiger charge is 2.31. The molecule has 2 aromatic heterocycles. The lowest BCUT2D eigenvalue weighted by Gasteiger charge is -2.30. The Hall–Kier alpha value is -2.03. The molecule has 8 heteroatoms. The van der Waals surface area contributed by atoms with Crippen molar-refractivity contribution in [2.45, 2.75) is 49.8 Å². The average Bonchev–Trinajstić information content (AvgIpc) is 3.39. The molecule has 0 atom stereocenters. The second-order valence-corrected chi connectivity index (χ2v) is 11.3. The number of piperidine rings is 1. The molecule has 3 aromatic rings. The number of nitrogens with zero attached hydrogens (tertiary/aromatic N) is 3. The fourth-order valence-electron chi connectivity index (χ4n) is 3.52. The van der Waals surface area contributed by atoms with E-state index < -0.39 is 10.0 Å². The predicted octanol–water partition coefficient (Wildman–Crippen LogP) is 4.66. The fourth-order valence-corrected chi connectivity index (χ4v) is 5.97. The first-order chi connectivity index (χ1) is 13.7. The van der Waals surface area contributed by atoms with Crippen LogP contribution in [0.15, 0.2) is 52.0 Å². The first-order valence-corrected chi connectivity index (χ1v) is 12.0. The van der Waals surface area contributed by atoms with Gasteiger partial charge in [0, 0.05) is 19.0 Å². The maximum atomic E-state index is 13.0. The molecule has 6 nitrogen and oxygen atoms in total. The third-order valence-electron chi connectivity index (χ3n) is 5.33. The van der Waals surface area contributed by atoms with Crippen LogP contribution < -0.4 is 0 Å². The minimum absolute atomic E-state index is 0.00310. The smallest absolute Gasteiger partial charge is 0.243 e. The van der Waals surface area contributed by atoms with Gasteiger partial charge < -0.3 is 4.42 Å². The molecule has 3 heterocycles. The lowest BCUT2D eigenvalue weighted by atomic mass is 9.87. The van der Waals surface area contributed by atoms with Crippen LogP contribution in [0.3, 0.4) is 0 Å². The first kappa shape index (κ1) is 20.3. The molecule has 1 aliphatic rings. The van der Waals surface area contributed by atoms with Crippen molar-refractivity contribution >= 4 is 21.4 Å². The van der Waals surface area contributed by atoms with Crippen LogP contribution in [-0.4, -0.2) is 36.0 Å². The van der Waals surface area contributed by atoms with Crippen molar-refractivity contribution in [1.29, 1.82) is 0 Å². The van der Waals surface area contributed by atoms with E-state index in [0.717, 1.165) is 28.4 Å². The molecule has 1 aromatic carbocycles. The summed E-state index contributed by atoms with van der Waals surface area (Å²) in [6, 6.07) is 11.0. The summed E-state index contributed by atoms with van der Waals surface area (Å²) in [5.74, 6) is 0.943. The van der Waals surface area contributed by atoms with Crippen LogP contribution in [0.5, 0.6) is 0 Å². The summed E-state index contributed by atoms with van der Waals surface area (Å²) >= 11 is 1.52. The molecular formula is C21H25N3O3S2. The third-order valence-corrected chi connectivity index (χ3v) is 8.35. The van der Waals surface area contributed by atoms with Crippen molar-refractivity contribution in [3.8, 4) is 10.8 Å². The predicted molar refractivity (Wildman–Crippen MR) is 113 cm³/mol. The number of hydrogen-bond donors (Lipinski definition) is 0. The molecule has 0 spiro atoms. The molecule has 0 saturated carbocycles. The monoisotopic (exact) mass is 431 g/mol. The van der Waals surface area contributed by atoms with Gasteiger partial charge in [-0.2, -0.15) is 4.31 Å². The Morgan fingerprint density at radius 1 is 1.07 bits per heavy atom. The van der Waals surface area contributed by atoms with Crippen LogP contribution in [0.4, 0.5) is 0 Å². The topological polar surface area (TPSA) is 76.3 Å². The molecule has 1 saturated heterocycles. The van der Waals surface area contributed by atoms with Gasteiger partial charge in [0.1, 0.15) is 5.01 Å². The molecule has 0 amide bonds. The Bertz CT molecular complexity index is 1060. The molecule has 154 valence electrons. The average molecular weight is 432 g/mol. The number of benzene rings is 1. The maximum absolute atomic E-state index is 13.0. The normalized spacial score (nSPS) is 16.9. The lowest BCUT2D eigenvalue weighted by molar-refractivity contribution is 0.318. The summed E-state index contributed by atoms with van der Waals surface area (Å²) < 4.78 is 33.0. The third kappa shape index (κ3) is 4.15. The zero-order valence-corrected chi connectivity index (χ0v) is 18.5. The van der Waals surface area contributed by atoms with E-state index in [-0.39, 0.29) is 11.3 Å². The second kappa shape index (κ2) is 7.66. The van der Waals surface area contributed by atoms with Gasteiger partial charge in [0.2, 0.25) is 10.0 Å². The Labute approximate surface area is 175 Å². The molecule has 0 unspecified atom stereocenters. The van der Waals surface area contributed by atoms with E-state index in [4.69, 9.17) is 4.42 Å². The minimum Gasteiger partial charge on any atom is -0.462 e. The maximum Gasteiger partial charge on any atom is 0.243 e. The van der Waals surface area contributed by atoms with Crippen molar-refractivity contribution in [3.05, 3.63) is 53.2 Å². The van der Waals surface area contributed by atoms with Gasteiger partial charge in [0.15, 0.2) is 10.8 Å². The van der Waals surface area contributed by atoms with E-state index in [2.05, 4.69) is 31.0 Å². The number of aromatic nitrogens is 2. The zero-order valence-electron chi connectivity index (χ0n) is 16.8. The molecule has 29 heavy (non-hydrogen) atoms. The molecule has 4 rings (SSSR count). The minimum atomic E-state index is -3.47. The van der Waals surface area contributed by atoms with Crippen LogP contribution in [0.25, 0.3) is 10.8 Å². The van der Waals surface area contributed by atoms with Crippen LogP contribution in [-0.2, 0) is 15.4 Å². The highest BCUT2D eigenvalue weighted by molar-refractivity contribution is 7.89. The van der Waals surface area contributed by atoms with Crippen molar-refractivity contribution in [2.24, 2.45) is 0 Å². The van der Waals surface area contributed by atoms with E-state index in [0.29, 0.717) is 23.7 Å². The summed E-state index contributed by atoms with van der Waals surface area (Å²) in [6.45, 7) is 7.33. The van der Waals surface area contributed by atoms with Gasteiger partial charge in [-0.25, -0.2) is 8.42 Å². The van der Waals surface area contributed by atoms with Gasteiger partial charge >= 0.3 is 0 Å². The van der Waals surface area contributed by atoms with Crippen molar-refractivity contribution in [1.82, 2.24) is 14.5 Å². The van der Waals surface area contributed by atoms with Crippen LogP contribution >= 0.6 is 11.3 Å². The van der Waals surface area contributed by atoms with Gasteiger partial charge in [0.25, 0.3) is 0 Å². The van der Waals surface area contributed by atoms with E-state index in [1.165, 1.54) is 11.3 Å². The number of hydrogen-bond acceptors (Lipinski definition) is 6. The van der Waals surface area contributed by atoms with E-state index >= 15 is 0 Å². The highest BCUT2D eigenvalue weighted by atomic mass is 32.2. The molecule has 0 radical (unpaired) electrons. The van der Waals surface area contributed by atoms with Gasteiger partial charge in [-0.1, -0.05) is 44.2 Å². The van der Waals surface area contributed by atoms with Crippen LogP contribution in [0.1, 0.15) is 50.1 Å². The molecule has 1 fully saturated rings. The van der Waals surface area contributed by atoms with Crippen molar-refractivity contribution < 1.29 is 12.8 Å². The Morgan fingerprint density at radius 3 is 2.34 bits per heavy atom. The molecule has 0 aliphatic carbocycles. The molecule has 1 aliphatic heterocycles. The Kier molecular flexibility index (Phi) is 5.35. The van der Waals surface area contributed by atoms with Gasteiger partial charge in [-0.15, -0.1) is 10.2 Å². The van der Waals surface area contributed by atoms with E-state index in [1.807, 2.05) is 24.3 Å². The van der Waals surface area contributed by atoms with Crippen LogP contribution in [0, 0.1) is 0 Å². The number of furan rings is 1. The van der Waals surface area contributed by atoms with Gasteiger partial charge in [-0.05, 0) is 48.1 Å². The van der Waals surface area contributed by atoms with Crippen molar-refractivity contribution in [2.75, 3.05) is 13.1 Å². The Morgan fingerprint density at radius 2 is 1.76 bits per heavy atom. The summed E-state index contributed by atoms with van der Waals surface area (Å²) in [5, 5.41) is 10.2. The zero-order chi connectivity index (χ0) is 20.6. The summed E-state index contributed by atoms with van der Waals surface area (Å²) in [7, 11) is -3.47. The SMILES string of the molecule is CC(C)(C)c1ccc(S(=O)(=O)N2CCC(c3nnc(-c4ccco4)s3)CC2)cc1. The van der Waals surface area contributed by atoms with E-state index in [1.54, 1.807) is 22.7 Å². The van der Waals surface area contributed by atoms with Gasteiger partial charge in [-0.3, -0.25) is 0 Å². The Balaban J connectivity index is 1.43. The summed E-state index contributed by atoms with van der Waals surface area (Å²) in [6.07, 6.45) is 3.10. The lowest BCUT2D eigenvalue weighted by Crippen LogP contribution is -2.37. The molecule has 0 N–H and O–H groups in total. The van der Waals surface area contributed by atoms with Gasteiger partial charge in [0.05, 0.1) is 11.2 Å².